The van der Waals surface area contributed by atoms with Crippen LogP contribution in [0, 0.1) is 0 Å². The van der Waals surface area contributed by atoms with Crippen LogP contribution in [0.3, 0.4) is 0 Å². The molecule has 2 heterocycles. The molecule has 0 saturated carbocycles. The van der Waals surface area contributed by atoms with Gasteiger partial charge in [0.15, 0.2) is 12.4 Å². The molecule has 0 atom stereocenters. The van der Waals surface area contributed by atoms with E-state index in [2.05, 4.69) is 20.5 Å². The molecule has 8 nitrogen and oxygen atoms in total. The maximum atomic E-state index is 12.1. The molecular weight excluding hydrogens is 274 g/mol. The number of aromatic nitrogens is 4. The molecule has 1 amide bonds. The van der Waals surface area contributed by atoms with Gasteiger partial charge in [0, 0.05) is 10.9 Å². The molecule has 0 aliphatic carbocycles. The van der Waals surface area contributed by atoms with Crippen molar-refractivity contribution < 1.29 is 14.7 Å². The minimum Gasteiger partial charge on any atom is -0.480 e. The normalized spacial score (nSPS) is 10.7. The molecule has 0 bridgehead atoms. The summed E-state index contributed by atoms with van der Waals surface area (Å²) < 4.78 is 0. The zero-order chi connectivity index (χ0) is 14.8. The lowest BCUT2D eigenvalue weighted by atomic mass is 10.2. The molecule has 0 aliphatic heterocycles. The molecule has 2 aromatic heterocycles. The van der Waals surface area contributed by atoms with Crippen LogP contribution >= 0.6 is 0 Å². The number of aliphatic carboxylic acids is 1. The van der Waals surface area contributed by atoms with Crippen molar-refractivity contribution in [2.75, 3.05) is 5.32 Å². The minimum atomic E-state index is -1.06. The van der Waals surface area contributed by atoms with Crippen molar-refractivity contribution >= 4 is 28.6 Å². The first-order chi connectivity index (χ1) is 10.1. The molecule has 3 N–H and O–H groups in total. The molecule has 0 fully saturated rings. The van der Waals surface area contributed by atoms with Crippen molar-refractivity contribution in [3.8, 4) is 0 Å². The predicted octanol–water partition coefficient (Wildman–Crippen LogP) is 1.10. The number of benzene rings is 1. The Morgan fingerprint density at radius 2 is 2.14 bits per heavy atom. The third-order valence-corrected chi connectivity index (χ3v) is 2.83. The van der Waals surface area contributed by atoms with Crippen LogP contribution in [-0.4, -0.2) is 37.0 Å². The third-order valence-electron chi connectivity index (χ3n) is 2.83. The third kappa shape index (κ3) is 2.73. The summed E-state index contributed by atoms with van der Waals surface area (Å²) in [5.74, 6) is -1.23. The van der Waals surface area contributed by atoms with Gasteiger partial charge in [-0.25, -0.2) is 0 Å². The molecule has 0 spiro atoms. The lowest BCUT2D eigenvalue weighted by molar-refractivity contribution is -0.138. The lowest BCUT2D eigenvalue weighted by Crippen LogP contribution is -2.14. The summed E-state index contributed by atoms with van der Waals surface area (Å²) in [5.41, 5.74) is 1.25. The van der Waals surface area contributed by atoms with E-state index >= 15 is 0 Å². The van der Waals surface area contributed by atoms with Gasteiger partial charge in [0.05, 0.1) is 6.20 Å². The number of para-hydroxylation sites is 1. The fourth-order valence-electron chi connectivity index (χ4n) is 1.93. The second-order valence-electron chi connectivity index (χ2n) is 4.38. The number of carboxylic acids is 1. The van der Waals surface area contributed by atoms with E-state index in [-0.39, 0.29) is 18.3 Å². The Morgan fingerprint density at radius 1 is 1.33 bits per heavy atom. The van der Waals surface area contributed by atoms with Crippen molar-refractivity contribution in [1.82, 2.24) is 20.0 Å². The SMILES string of the molecule is O=C(O)Cn1ncc(NC(=O)c2cc3ccccc3[nH]2)n1. The minimum absolute atomic E-state index is 0.194. The second kappa shape index (κ2) is 5.08. The van der Waals surface area contributed by atoms with E-state index in [0.29, 0.717) is 5.69 Å². The van der Waals surface area contributed by atoms with E-state index in [0.717, 1.165) is 15.7 Å². The van der Waals surface area contributed by atoms with Crippen LogP contribution in [0.25, 0.3) is 10.9 Å². The largest absolute Gasteiger partial charge is 0.480 e. The molecule has 21 heavy (non-hydrogen) atoms. The number of nitrogens with zero attached hydrogens (tertiary/aromatic N) is 3. The second-order valence-corrected chi connectivity index (χ2v) is 4.38. The van der Waals surface area contributed by atoms with Crippen LogP contribution < -0.4 is 5.32 Å². The van der Waals surface area contributed by atoms with Crippen LogP contribution in [0.4, 0.5) is 5.82 Å². The highest BCUT2D eigenvalue weighted by Crippen LogP contribution is 2.15. The summed E-state index contributed by atoms with van der Waals surface area (Å²) in [6, 6.07) is 9.25. The molecule has 1 aromatic carbocycles. The number of hydrogen-bond donors (Lipinski definition) is 3. The van der Waals surface area contributed by atoms with Crippen LogP contribution in [0.2, 0.25) is 0 Å². The number of hydrogen-bond acceptors (Lipinski definition) is 4. The molecule has 0 unspecified atom stereocenters. The van der Waals surface area contributed by atoms with Gasteiger partial charge in [0.1, 0.15) is 5.69 Å². The highest BCUT2D eigenvalue weighted by atomic mass is 16.4. The Balaban J connectivity index is 1.76. The Morgan fingerprint density at radius 3 is 2.90 bits per heavy atom. The number of H-pyrrole nitrogens is 1. The van der Waals surface area contributed by atoms with Gasteiger partial charge >= 0.3 is 5.97 Å². The van der Waals surface area contributed by atoms with Gasteiger partial charge in [-0.15, -0.1) is 5.10 Å². The number of fused-ring (bicyclic) bond motifs is 1. The average Bonchev–Trinajstić information content (AvgIpc) is 3.04. The van der Waals surface area contributed by atoms with Gasteiger partial charge in [-0.1, -0.05) is 18.2 Å². The van der Waals surface area contributed by atoms with E-state index in [1.165, 1.54) is 6.20 Å². The van der Waals surface area contributed by atoms with Crippen LogP contribution in [0.1, 0.15) is 10.5 Å². The highest BCUT2D eigenvalue weighted by molar-refractivity contribution is 6.05. The number of anilines is 1. The highest BCUT2D eigenvalue weighted by Gasteiger charge is 2.12. The van der Waals surface area contributed by atoms with Crippen LogP contribution in [0.15, 0.2) is 36.5 Å². The van der Waals surface area contributed by atoms with Gasteiger partial charge in [-0.05, 0) is 12.1 Å². The standard InChI is InChI=1S/C13H11N5O3/c19-12(20)7-18-14-6-11(17-18)16-13(21)10-5-8-3-1-2-4-9(8)15-10/h1-6,15H,7H2,(H,19,20)(H,16,17,21). The van der Waals surface area contributed by atoms with Crippen molar-refractivity contribution in [3.63, 3.8) is 0 Å². The quantitative estimate of drug-likeness (QED) is 0.664. The summed E-state index contributed by atoms with van der Waals surface area (Å²) in [6.45, 7) is -0.359. The smallest absolute Gasteiger partial charge is 0.327 e. The van der Waals surface area contributed by atoms with Crippen molar-refractivity contribution in [2.45, 2.75) is 6.54 Å². The van der Waals surface area contributed by atoms with E-state index in [1.807, 2.05) is 24.3 Å². The monoisotopic (exact) mass is 285 g/mol. The average molecular weight is 285 g/mol. The van der Waals surface area contributed by atoms with Crippen LogP contribution in [0.5, 0.6) is 0 Å². The predicted molar refractivity (Wildman–Crippen MR) is 73.9 cm³/mol. The number of carboxylic acid groups (broad SMARTS) is 1. The first-order valence-corrected chi connectivity index (χ1v) is 6.13. The fourth-order valence-corrected chi connectivity index (χ4v) is 1.93. The molecule has 0 radical (unpaired) electrons. The summed E-state index contributed by atoms with van der Waals surface area (Å²) in [4.78, 5) is 26.6. The summed E-state index contributed by atoms with van der Waals surface area (Å²) in [5, 5.41) is 19.7. The molecule has 3 aromatic rings. The first-order valence-electron chi connectivity index (χ1n) is 6.13. The van der Waals surface area contributed by atoms with Gasteiger partial charge in [0.25, 0.3) is 5.91 Å². The first kappa shape index (κ1) is 12.9. The number of carbonyl (C=O) groups is 2. The Labute approximate surface area is 118 Å². The number of amides is 1. The van der Waals surface area contributed by atoms with Crippen LogP contribution in [-0.2, 0) is 11.3 Å². The fraction of sp³-hybridized carbons (Fsp3) is 0.0769. The van der Waals surface area contributed by atoms with Gasteiger partial charge < -0.3 is 15.4 Å². The summed E-state index contributed by atoms with van der Waals surface area (Å²) in [6.07, 6.45) is 1.30. The topological polar surface area (TPSA) is 113 Å². The Hall–Kier alpha value is -3.16. The van der Waals surface area contributed by atoms with Gasteiger partial charge in [-0.3, -0.25) is 9.59 Å². The van der Waals surface area contributed by atoms with E-state index in [9.17, 15) is 9.59 Å². The Bertz CT molecular complexity index is 787. The van der Waals surface area contributed by atoms with Crippen molar-refractivity contribution in [2.24, 2.45) is 0 Å². The van der Waals surface area contributed by atoms with Gasteiger partial charge in [0.2, 0.25) is 0 Å². The summed E-state index contributed by atoms with van der Waals surface area (Å²) >= 11 is 0. The number of carbonyl (C=O) groups excluding carboxylic acids is 1. The zero-order valence-corrected chi connectivity index (χ0v) is 10.8. The number of nitrogens with one attached hydrogen (secondary N) is 2. The zero-order valence-electron chi connectivity index (χ0n) is 10.8. The molecule has 3 rings (SSSR count). The number of rotatable bonds is 4. The van der Waals surface area contributed by atoms with E-state index in [1.54, 1.807) is 6.07 Å². The summed E-state index contributed by atoms with van der Waals surface area (Å²) in [7, 11) is 0. The maximum absolute atomic E-state index is 12.1. The van der Waals surface area contributed by atoms with E-state index in [4.69, 9.17) is 5.11 Å². The number of aromatic amines is 1. The van der Waals surface area contributed by atoms with Crippen molar-refractivity contribution in [1.29, 1.82) is 0 Å². The molecule has 8 heteroatoms. The van der Waals surface area contributed by atoms with E-state index < -0.39 is 5.97 Å². The van der Waals surface area contributed by atoms with Crippen molar-refractivity contribution in [3.05, 3.63) is 42.2 Å². The molecule has 0 aliphatic rings. The maximum Gasteiger partial charge on any atom is 0.327 e. The van der Waals surface area contributed by atoms with Gasteiger partial charge in [-0.2, -0.15) is 9.90 Å². The lowest BCUT2D eigenvalue weighted by Gasteiger charge is -1.98. The molecule has 0 saturated heterocycles. The molecular formula is C13H11N5O3. The Kier molecular flexibility index (Phi) is 3.11. The molecule has 106 valence electrons.